The normalized spacial score (nSPS) is 14.0. The largest absolute Gasteiger partial charge is 0.472 e. The van der Waals surface area contributed by atoms with Crippen LogP contribution >= 0.6 is 15.6 Å². The lowest BCUT2D eigenvalue weighted by Crippen LogP contribution is -2.30. The van der Waals surface area contributed by atoms with Crippen LogP contribution in [0.5, 0.6) is 0 Å². The number of phosphoric acid groups is 2. The van der Waals surface area contributed by atoms with Gasteiger partial charge in [0.15, 0.2) is 12.2 Å². The number of carbonyl (C=O) groups is 4. The highest BCUT2D eigenvalue weighted by Crippen LogP contribution is 2.45. The molecule has 0 aliphatic heterocycles. The smallest absolute Gasteiger partial charge is 0.462 e. The maximum atomic E-state index is 13.1. The second kappa shape index (κ2) is 69.8. The summed E-state index contributed by atoms with van der Waals surface area (Å²) >= 11 is 0. The van der Waals surface area contributed by atoms with Crippen molar-refractivity contribution in [2.24, 2.45) is 11.8 Å². The van der Waals surface area contributed by atoms with Gasteiger partial charge >= 0.3 is 39.5 Å². The number of carbonyl (C=O) groups excluding carboxylic acids is 4. The predicted octanol–water partition coefficient (Wildman–Crippen LogP) is 23.1. The first-order chi connectivity index (χ1) is 46.9. The minimum absolute atomic E-state index is 0.107. The van der Waals surface area contributed by atoms with Crippen LogP contribution in [0.1, 0.15) is 408 Å². The molecule has 0 saturated heterocycles. The third-order valence-corrected chi connectivity index (χ3v) is 20.1. The fourth-order valence-corrected chi connectivity index (χ4v) is 13.6. The van der Waals surface area contributed by atoms with Crippen LogP contribution in [-0.2, 0) is 65.4 Å². The van der Waals surface area contributed by atoms with Crippen LogP contribution in [0.4, 0.5) is 0 Å². The summed E-state index contributed by atoms with van der Waals surface area (Å²) in [5, 5.41) is 10.6. The Bertz CT molecular complexity index is 1870. The van der Waals surface area contributed by atoms with E-state index in [1.807, 2.05) is 0 Å². The summed E-state index contributed by atoms with van der Waals surface area (Å²) in [5.41, 5.74) is 0. The Morgan fingerprint density at radius 1 is 0.278 bits per heavy atom. The highest BCUT2D eigenvalue weighted by Gasteiger charge is 2.30. The van der Waals surface area contributed by atoms with Crippen molar-refractivity contribution in [1.29, 1.82) is 0 Å². The van der Waals surface area contributed by atoms with Gasteiger partial charge in [-0.25, -0.2) is 9.13 Å². The number of unbranched alkanes of at least 4 members (excludes halogenated alkanes) is 47. The summed E-state index contributed by atoms with van der Waals surface area (Å²) in [5.74, 6) is -0.502. The van der Waals surface area contributed by atoms with E-state index >= 15 is 0 Å². The standard InChI is InChI=1S/C78H152O17P2/c1-7-9-11-13-15-17-29-38-44-50-56-62-77(82)94-73(66-88-75(80)60-54-48-42-34-16-14-12-10-8-2)68-92-96(84,85)90-64-72(79)65-91-97(86,87)93-69-74(67-89-76(81)61-55-49-43-37-32-28-24-26-31-36-41-47-53-59-71(5)6)95-78(83)63-57-51-45-39-33-27-23-21-19-18-20-22-25-30-35-40-46-52-58-70(3)4/h70-74,79H,7-69H2,1-6H3,(H,84,85)(H,86,87)/t72-,73+,74+/m0/s1. The van der Waals surface area contributed by atoms with E-state index in [0.29, 0.717) is 25.7 Å². The molecule has 17 nitrogen and oxygen atoms in total. The molecule has 0 aromatic heterocycles. The quantitative estimate of drug-likeness (QED) is 0.0222. The molecule has 2 unspecified atom stereocenters. The summed E-state index contributed by atoms with van der Waals surface area (Å²) < 4.78 is 68.5. The SMILES string of the molecule is CCCCCCCCCCCCCC(=O)O[C@H](COC(=O)CCCCCCCCCCC)COP(=O)(O)OC[C@H](O)COP(=O)(O)OC[C@@H](COC(=O)CCCCCCCCCCCCCCCC(C)C)OC(=O)CCCCCCCCCCCCCCCCCCCCC(C)C. The first-order valence-corrected chi connectivity index (χ1v) is 43.5. The number of ether oxygens (including phenoxy) is 4. The molecule has 0 heterocycles. The molecule has 0 bridgehead atoms. The first-order valence-electron chi connectivity index (χ1n) is 40.5. The number of hydrogen-bond acceptors (Lipinski definition) is 15. The van der Waals surface area contributed by atoms with Gasteiger partial charge in [-0.05, 0) is 37.5 Å². The maximum Gasteiger partial charge on any atom is 0.472 e. The molecule has 0 amide bonds. The van der Waals surface area contributed by atoms with E-state index in [1.54, 1.807) is 0 Å². The van der Waals surface area contributed by atoms with Crippen molar-refractivity contribution in [2.45, 2.75) is 426 Å². The fourth-order valence-electron chi connectivity index (χ4n) is 12.0. The van der Waals surface area contributed by atoms with Crippen molar-refractivity contribution < 1.29 is 80.2 Å². The van der Waals surface area contributed by atoms with Crippen molar-refractivity contribution in [2.75, 3.05) is 39.6 Å². The number of hydrogen-bond donors (Lipinski definition) is 3. The summed E-state index contributed by atoms with van der Waals surface area (Å²) in [6.45, 7) is 9.65. The van der Waals surface area contributed by atoms with Crippen LogP contribution in [0.25, 0.3) is 0 Å². The molecule has 5 atom stereocenters. The van der Waals surface area contributed by atoms with Gasteiger partial charge in [-0.15, -0.1) is 0 Å². The van der Waals surface area contributed by atoms with Gasteiger partial charge in [0.2, 0.25) is 0 Å². The van der Waals surface area contributed by atoms with Gasteiger partial charge in [0.1, 0.15) is 19.3 Å². The van der Waals surface area contributed by atoms with Crippen molar-refractivity contribution in [3.05, 3.63) is 0 Å². The molecule has 0 aromatic carbocycles. The Balaban J connectivity index is 5.19. The summed E-state index contributed by atoms with van der Waals surface area (Å²) in [6, 6.07) is 0. The van der Waals surface area contributed by atoms with Crippen LogP contribution in [0.3, 0.4) is 0 Å². The molecule has 0 spiro atoms. The van der Waals surface area contributed by atoms with E-state index in [0.717, 1.165) is 102 Å². The molecule has 0 aliphatic rings. The first kappa shape index (κ1) is 95.1. The molecule has 97 heavy (non-hydrogen) atoms. The van der Waals surface area contributed by atoms with E-state index in [2.05, 4.69) is 41.5 Å². The Morgan fingerprint density at radius 2 is 0.474 bits per heavy atom. The van der Waals surface area contributed by atoms with Crippen molar-refractivity contribution in [3.63, 3.8) is 0 Å². The van der Waals surface area contributed by atoms with E-state index in [-0.39, 0.29) is 25.7 Å². The van der Waals surface area contributed by atoms with Gasteiger partial charge in [-0.3, -0.25) is 37.3 Å². The molecule has 3 N–H and O–H groups in total. The van der Waals surface area contributed by atoms with Crippen LogP contribution in [0, 0.1) is 11.8 Å². The lowest BCUT2D eigenvalue weighted by Gasteiger charge is -2.21. The Kier molecular flexibility index (Phi) is 68.4. The lowest BCUT2D eigenvalue weighted by molar-refractivity contribution is -0.161. The third kappa shape index (κ3) is 72.2. The number of rotatable bonds is 77. The van der Waals surface area contributed by atoms with E-state index in [4.69, 9.17) is 37.0 Å². The van der Waals surface area contributed by atoms with Crippen LogP contribution in [0.15, 0.2) is 0 Å². The average Bonchev–Trinajstić information content (AvgIpc) is 1.04. The number of phosphoric ester groups is 2. The second-order valence-electron chi connectivity index (χ2n) is 29.1. The average molecular weight is 1420 g/mol. The number of esters is 4. The minimum Gasteiger partial charge on any atom is -0.462 e. The van der Waals surface area contributed by atoms with E-state index < -0.39 is 97.5 Å². The van der Waals surface area contributed by atoms with Gasteiger partial charge in [-0.2, -0.15) is 0 Å². The number of aliphatic hydroxyl groups is 1. The summed E-state index contributed by atoms with van der Waals surface area (Å²) in [7, 11) is -9.91. The summed E-state index contributed by atoms with van der Waals surface area (Å²) in [4.78, 5) is 72.8. The molecule has 19 heteroatoms. The molecule has 576 valence electrons. The predicted molar refractivity (Wildman–Crippen MR) is 395 cm³/mol. The molecule has 0 rings (SSSR count). The van der Waals surface area contributed by atoms with Gasteiger partial charge in [-0.1, -0.05) is 356 Å². The molecule has 0 radical (unpaired) electrons. The van der Waals surface area contributed by atoms with Crippen molar-refractivity contribution in [1.82, 2.24) is 0 Å². The van der Waals surface area contributed by atoms with Crippen molar-refractivity contribution >= 4 is 39.5 Å². The molecule has 0 fully saturated rings. The van der Waals surface area contributed by atoms with Gasteiger partial charge in [0, 0.05) is 25.7 Å². The zero-order valence-electron chi connectivity index (χ0n) is 63.4. The zero-order valence-corrected chi connectivity index (χ0v) is 65.2. The van der Waals surface area contributed by atoms with Crippen LogP contribution in [0.2, 0.25) is 0 Å². The fraction of sp³-hybridized carbons (Fsp3) is 0.949. The van der Waals surface area contributed by atoms with Gasteiger partial charge in [0.25, 0.3) is 0 Å². The highest BCUT2D eigenvalue weighted by molar-refractivity contribution is 7.47. The monoisotopic (exact) mass is 1420 g/mol. The van der Waals surface area contributed by atoms with Gasteiger partial charge < -0.3 is 33.8 Å². The Morgan fingerprint density at radius 3 is 0.701 bits per heavy atom. The van der Waals surface area contributed by atoms with E-state index in [9.17, 15) is 43.2 Å². The van der Waals surface area contributed by atoms with Crippen molar-refractivity contribution in [3.8, 4) is 0 Å². The lowest BCUT2D eigenvalue weighted by atomic mass is 10.0. The van der Waals surface area contributed by atoms with Crippen LogP contribution < -0.4 is 0 Å². The van der Waals surface area contributed by atoms with Gasteiger partial charge in [0.05, 0.1) is 26.4 Å². The molecular formula is C78H152O17P2. The third-order valence-electron chi connectivity index (χ3n) is 18.2. The Labute approximate surface area is 594 Å². The molecule has 0 saturated carbocycles. The summed E-state index contributed by atoms with van der Waals surface area (Å²) in [6.07, 6.45) is 58.3. The minimum atomic E-state index is -4.96. The topological polar surface area (TPSA) is 237 Å². The van der Waals surface area contributed by atoms with E-state index in [1.165, 1.54) is 225 Å². The highest BCUT2D eigenvalue weighted by atomic mass is 31.2. The molecule has 0 aromatic rings. The zero-order chi connectivity index (χ0) is 71.4. The molecule has 0 aliphatic carbocycles. The van der Waals surface area contributed by atoms with Crippen LogP contribution in [-0.4, -0.2) is 96.7 Å². The Hall–Kier alpha value is -1.94. The molecular weight excluding hydrogens is 1270 g/mol. The number of aliphatic hydroxyl groups excluding tert-OH is 1. The maximum absolute atomic E-state index is 13.1. The second-order valence-corrected chi connectivity index (χ2v) is 32.0.